The fourth-order valence-corrected chi connectivity index (χ4v) is 4.29. The standard InChI is InChI=1S/C14H18BrNS2/c1-3-5-11(13-6-4-9-17-13)16-10(2)12-7-8-14(15)18-12/h4,6-11,16H,3,5H2,1-2H3. The Balaban J connectivity index is 2.05. The summed E-state index contributed by atoms with van der Waals surface area (Å²) in [5.41, 5.74) is 0. The van der Waals surface area contributed by atoms with Crippen LogP contribution < -0.4 is 5.32 Å². The van der Waals surface area contributed by atoms with Crippen molar-refractivity contribution in [1.82, 2.24) is 5.32 Å². The van der Waals surface area contributed by atoms with Crippen LogP contribution in [0.1, 0.15) is 48.5 Å². The molecule has 0 saturated carbocycles. The maximum atomic E-state index is 3.75. The van der Waals surface area contributed by atoms with Gasteiger partial charge >= 0.3 is 0 Å². The number of nitrogens with one attached hydrogen (secondary N) is 1. The van der Waals surface area contributed by atoms with Crippen molar-refractivity contribution in [1.29, 1.82) is 0 Å². The summed E-state index contributed by atoms with van der Waals surface area (Å²) >= 11 is 7.18. The van der Waals surface area contributed by atoms with Crippen LogP contribution in [0.25, 0.3) is 0 Å². The SMILES string of the molecule is CCCC(NC(C)c1ccc(Br)s1)c1cccs1. The second-order valence-electron chi connectivity index (χ2n) is 4.39. The van der Waals surface area contributed by atoms with Gasteiger partial charge in [0.05, 0.1) is 3.79 Å². The van der Waals surface area contributed by atoms with Gasteiger partial charge in [-0.3, -0.25) is 0 Å². The minimum atomic E-state index is 0.403. The monoisotopic (exact) mass is 343 g/mol. The van der Waals surface area contributed by atoms with Crippen LogP contribution in [0, 0.1) is 0 Å². The molecule has 18 heavy (non-hydrogen) atoms. The van der Waals surface area contributed by atoms with Gasteiger partial charge in [0.2, 0.25) is 0 Å². The zero-order valence-electron chi connectivity index (χ0n) is 10.7. The van der Waals surface area contributed by atoms with Crippen molar-refractivity contribution in [3.8, 4) is 0 Å². The van der Waals surface area contributed by atoms with Gasteiger partial charge in [-0.25, -0.2) is 0 Å². The quantitative estimate of drug-likeness (QED) is 0.702. The molecule has 2 heterocycles. The lowest BCUT2D eigenvalue weighted by Gasteiger charge is -2.21. The number of rotatable bonds is 6. The zero-order chi connectivity index (χ0) is 13.0. The molecule has 0 saturated heterocycles. The van der Waals surface area contributed by atoms with Crippen LogP contribution in [-0.2, 0) is 0 Å². The number of halogens is 1. The molecule has 2 aromatic rings. The van der Waals surface area contributed by atoms with Crippen molar-refractivity contribution in [2.45, 2.75) is 38.8 Å². The van der Waals surface area contributed by atoms with Gasteiger partial charge in [0.1, 0.15) is 0 Å². The first-order chi connectivity index (χ1) is 8.70. The first-order valence-electron chi connectivity index (χ1n) is 6.25. The Morgan fingerprint density at radius 2 is 2.11 bits per heavy atom. The molecular formula is C14H18BrNS2. The van der Waals surface area contributed by atoms with Crippen LogP contribution >= 0.6 is 38.6 Å². The van der Waals surface area contributed by atoms with Gasteiger partial charge in [-0.05, 0) is 52.9 Å². The number of hydrogen-bond acceptors (Lipinski definition) is 3. The smallest absolute Gasteiger partial charge is 0.0701 e. The molecule has 0 aliphatic rings. The minimum absolute atomic E-state index is 0.403. The molecule has 0 fully saturated rings. The fraction of sp³-hybridized carbons (Fsp3) is 0.429. The third-order valence-corrected chi connectivity index (χ3v) is 5.73. The molecule has 2 unspecified atom stereocenters. The first-order valence-corrected chi connectivity index (χ1v) is 8.74. The highest BCUT2D eigenvalue weighted by Gasteiger charge is 2.16. The highest BCUT2D eigenvalue weighted by Crippen LogP contribution is 2.31. The Morgan fingerprint density at radius 1 is 1.28 bits per heavy atom. The van der Waals surface area contributed by atoms with Crippen molar-refractivity contribution in [3.05, 3.63) is 43.2 Å². The second kappa shape index (κ2) is 6.85. The van der Waals surface area contributed by atoms with E-state index >= 15 is 0 Å². The van der Waals surface area contributed by atoms with Crippen molar-refractivity contribution >= 4 is 38.6 Å². The maximum absolute atomic E-state index is 3.75. The number of hydrogen-bond donors (Lipinski definition) is 1. The van der Waals surface area contributed by atoms with Gasteiger partial charge in [-0.2, -0.15) is 0 Å². The Labute approximate surface area is 125 Å². The van der Waals surface area contributed by atoms with E-state index < -0.39 is 0 Å². The van der Waals surface area contributed by atoms with Crippen molar-refractivity contribution in [2.75, 3.05) is 0 Å². The highest BCUT2D eigenvalue weighted by molar-refractivity contribution is 9.11. The van der Waals surface area contributed by atoms with Gasteiger partial charge in [-0.1, -0.05) is 19.4 Å². The van der Waals surface area contributed by atoms with Gasteiger partial charge < -0.3 is 5.32 Å². The van der Waals surface area contributed by atoms with Crippen LogP contribution in [0.4, 0.5) is 0 Å². The van der Waals surface area contributed by atoms with Crippen molar-refractivity contribution in [2.24, 2.45) is 0 Å². The largest absolute Gasteiger partial charge is 0.302 e. The molecule has 0 radical (unpaired) electrons. The average Bonchev–Trinajstić information content (AvgIpc) is 2.98. The molecule has 1 N–H and O–H groups in total. The summed E-state index contributed by atoms with van der Waals surface area (Å²) in [7, 11) is 0. The van der Waals surface area contributed by atoms with Crippen LogP contribution in [0.5, 0.6) is 0 Å². The molecular weight excluding hydrogens is 326 g/mol. The summed E-state index contributed by atoms with van der Waals surface area (Å²) in [4.78, 5) is 2.83. The zero-order valence-corrected chi connectivity index (χ0v) is 13.9. The molecule has 0 bridgehead atoms. The molecule has 1 nitrogen and oxygen atoms in total. The van der Waals surface area contributed by atoms with Gasteiger partial charge in [0, 0.05) is 21.8 Å². The fourth-order valence-electron chi connectivity index (χ4n) is 2.03. The van der Waals surface area contributed by atoms with E-state index in [1.165, 1.54) is 26.4 Å². The molecule has 2 rings (SSSR count). The van der Waals surface area contributed by atoms with E-state index in [-0.39, 0.29) is 0 Å². The Hall–Kier alpha value is -0.160. The molecule has 0 amide bonds. The predicted molar refractivity (Wildman–Crippen MR) is 85.5 cm³/mol. The third kappa shape index (κ3) is 3.67. The topological polar surface area (TPSA) is 12.0 Å². The van der Waals surface area contributed by atoms with Crippen LogP contribution in [0.3, 0.4) is 0 Å². The van der Waals surface area contributed by atoms with Crippen LogP contribution in [0.15, 0.2) is 33.4 Å². The first kappa shape index (κ1) is 14.3. The summed E-state index contributed by atoms with van der Waals surface area (Å²) < 4.78 is 1.20. The van der Waals surface area contributed by atoms with E-state index in [1.54, 1.807) is 0 Å². The minimum Gasteiger partial charge on any atom is -0.302 e. The van der Waals surface area contributed by atoms with Gasteiger partial charge in [-0.15, -0.1) is 22.7 Å². The molecule has 0 aliphatic heterocycles. The lowest BCUT2D eigenvalue weighted by molar-refractivity contribution is 0.449. The highest BCUT2D eigenvalue weighted by atomic mass is 79.9. The third-order valence-electron chi connectivity index (χ3n) is 2.94. The maximum Gasteiger partial charge on any atom is 0.0701 e. The summed E-state index contributed by atoms with van der Waals surface area (Å²) in [6.45, 7) is 4.49. The van der Waals surface area contributed by atoms with E-state index in [0.717, 1.165) is 0 Å². The molecule has 0 aliphatic carbocycles. The summed E-state index contributed by atoms with van der Waals surface area (Å²) in [6.07, 6.45) is 2.40. The number of thiophene rings is 2. The molecule has 0 aromatic carbocycles. The molecule has 2 aromatic heterocycles. The Bertz CT molecular complexity index is 464. The van der Waals surface area contributed by atoms with E-state index in [9.17, 15) is 0 Å². The van der Waals surface area contributed by atoms with Gasteiger partial charge in [0.25, 0.3) is 0 Å². The average molecular weight is 344 g/mol. The lowest BCUT2D eigenvalue weighted by Crippen LogP contribution is -2.23. The van der Waals surface area contributed by atoms with E-state index in [2.05, 4.69) is 64.7 Å². The van der Waals surface area contributed by atoms with E-state index in [1.807, 2.05) is 22.7 Å². The second-order valence-corrected chi connectivity index (χ2v) is 7.86. The Kier molecular flexibility index (Phi) is 5.42. The molecule has 2 atom stereocenters. The molecule has 0 spiro atoms. The Morgan fingerprint density at radius 3 is 2.67 bits per heavy atom. The van der Waals surface area contributed by atoms with Crippen molar-refractivity contribution < 1.29 is 0 Å². The summed E-state index contributed by atoms with van der Waals surface area (Å²) in [5, 5.41) is 5.91. The lowest BCUT2D eigenvalue weighted by atomic mass is 10.1. The van der Waals surface area contributed by atoms with Crippen LogP contribution in [0.2, 0.25) is 0 Å². The van der Waals surface area contributed by atoms with Gasteiger partial charge in [0.15, 0.2) is 0 Å². The van der Waals surface area contributed by atoms with E-state index in [4.69, 9.17) is 0 Å². The normalized spacial score (nSPS) is 14.6. The van der Waals surface area contributed by atoms with Crippen LogP contribution in [-0.4, -0.2) is 0 Å². The van der Waals surface area contributed by atoms with E-state index in [0.29, 0.717) is 12.1 Å². The molecule has 98 valence electrons. The summed E-state index contributed by atoms with van der Waals surface area (Å²) in [5.74, 6) is 0. The van der Waals surface area contributed by atoms with Crippen molar-refractivity contribution in [3.63, 3.8) is 0 Å². The molecule has 4 heteroatoms. The summed E-state index contributed by atoms with van der Waals surface area (Å²) in [6, 6.07) is 9.57. The predicted octanol–water partition coefficient (Wildman–Crippen LogP) is 5.76.